The molecule has 1 aromatic carbocycles. The predicted octanol–water partition coefficient (Wildman–Crippen LogP) is 3.03. The molecule has 36 heavy (non-hydrogen) atoms. The summed E-state index contributed by atoms with van der Waals surface area (Å²) in [4.78, 5) is 22.7. The van der Waals surface area contributed by atoms with Gasteiger partial charge < -0.3 is 14.9 Å². The third-order valence-electron chi connectivity index (χ3n) is 6.46. The summed E-state index contributed by atoms with van der Waals surface area (Å²) in [6.07, 6.45) is 3.88. The van der Waals surface area contributed by atoms with Crippen LogP contribution in [0, 0.1) is 24.1 Å². The lowest BCUT2D eigenvalue weighted by atomic mass is 10.0. The SMILES string of the molecule is Cc1cnn(C)c1-c1nc(N2CCN(C(=O)N3N=CCC3c3cc(F)cc(C#N)c3)CC2)sc1CO. The second-order valence-electron chi connectivity index (χ2n) is 8.76. The van der Waals surface area contributed by atoms with Crippen LogP contribution in [-0.2, 0) is 13.7 Å². The maximum absolute atomic E-state index is 14.0. The monoisotopic (exact) mass is 508 g/mol. The topological polar surface area (TPSA) is 114 Å². The smallest absolute Gasteiger partial charge is 0.341 e. The Balaban J connectivity index is 1.29. The van der Waals surface area contributed by atoms with Gasteiger partial charge in [0.15, 0.2) is 5.13 Å². The molecule has 10 nitrogen and oxygen atoms in total. The zero-order chi connectivity index (χ0) is 25.4. The summed E-state index contributed by atoms with van der Waals surface area (Å²) in [6, 6.07) is 5.38. The number of carbonyl (C=O) groups is 1. The quantitative estimate of drug-likeness (QED) is 0.580. The first-order valence-corrected chi connectivity index (χ1v) is 12.4. The number of aromatic nitrogens is 3. The number of benzene rings is 1. The fourth-order valence-corrected chi connectivity index (χ4v) is 5.61. The lowest BCUT2D eigenvalue weighted by Gasteiger charge is -2.37. The van der Waals surface area contributed by atoms with Gasteiger partial charge in [-0.25, -0.2) is 19.2 Å². The number of nitriles is 1. The summed E-state index contributed by atoms with van der Waals surface area (Å²) < 4.78 is 15.8. The predicted molar refractivity (Wildman–Crippen MR) is 133 cm³/mol. The van der Waals surface area contributed by atoms with E-state index in [9.17, 15) is 19.6 Å². The average Bonchev–Trinajstić information content (AvgIpc) is 3.61. The number of hydrazone groups is 1. The molecule has 0 radical (unpaired) electrons. The molecular formula is C24H25FN8O2S. The van der Waals surface area contributed by atoms with E-state index in [4.69, 9.17) is 4.98 Å². The fourth-order valence-electron chi connectivity index (χ4n) is 4.63. The van der Waals surface area contributed by atoms with E-state index in [0.29, 0.717) is 38.2 Å². The minimum absolute atomic E-state index is 0.113. The average molecular weight is 509 g/mol. The van der Waals surface area contributed by atoms with Gasteiger partial charge >= 0.3 is 6.03 Å². The second-order valence-corrected chi connectivity index (χ2v) is 9.82. The molecule has 3 aromatic rings. The van der Waals surface area contributed by atoms with Crippen molar-refractivity contribution in [3.05, 3.63) is 51.8 Å². The van der Waals surface area contributed by atoms with Crippen LogP contribution in [0.2, 0.25) is 0 Å². The normalized spacial score (nSPS) is 17.6. The Hall–Kier alpha value is -3.82. The number of anilines is 1. The first kappa shape index (κ1) is 23.9. The number of amides is 2. The molecule has 1 saturated heterocycles. The van der Waals surface area contributed by atoms with Crippen LogP contribution in [0.1, 0.15) is 34.0 Å². The molecule has 12 heteroatoms. The van der Waals surface area contributed by atoms with Crippen LogP contribution < -0.4 is 4.90 Å². The lowest BCUT2D eigenvalue weighted by Crippen LogP contribution is -2.52. The van der Waals surface area contributed by atoms with E-state index in [1.807, 2.05) is 20.0 Å². The van der Waals surface area contributed by atoms with E-state index < -0.39 is 11.9 Å². The van der Waals surface area contributed by atoms with E-state index in [-0.39, 0.29) is 18.2 Å². The van der Waals surface area contributed by atoms with Gasteiger partial charge in [0.2, 0.25) is 0 Å². The first-order chi connectivity index (χ1) is 17.4. The maximum atomic E-state index is 14.0. The molecule has 0 saturated carbocycles. The molecule has 1 N–H and O–H groups in total. The Morgan fingerprint density at radius 1 is 1.28 bits per heavy atom. The van der Waals surface area contributed by atoms with Gasteiger partial charge in [0.05, 0.1) is 41.0 Å². The molecule has 1 atom stereocenters. The van der Waals surface area contributed by atoms with Crippen molar-refractivity contribution in [2.45, 2.75) is 26.0 Å². The Kier molecular flexibility index (Phi) is 6.42. The molecule has 2 aliphatic rings. The van der Waals surface area contributed by atoms with Crippen molar-refractivity contribution in [3.63, 3.8) is 0 Å². The van der Waals surface area contributed by atoms with Crippen LogP contribution in [-0.4, -0.2) is 68.2 Å². The molecule has 186 valence electrons. The van der Waals surface area contributed by atoms with Crippen LogP contribution in [0.25, 0.3) is 11.4 Å². The number of aryl methyl sites for hydroxylation is 2. The lowest BCUT2D eigenvalue weighted by molar-refractivity contribution is 0.139. The van der Waals surface area contributed by atoms with Gasteiger partial charge in [-0.2, -0.15) is 15.5 Å². The minimum Gasteiger partial charge on any atom is -0.391 e. The molecule has 0 bridgehead atoms. The summed E-state index contributed by atoms with van der Waals surface area (Å²) in [5.41, 5.74) is 3.36. The van der Waals surface area contributed by atoms with Gasteiger partial charge in [-0.3, -0.25) is 4.68 Å². The number of hydrogen-bond donors (Lipinski definition) is 1. The van der Waals surface area contributed by atoms with Crippen molar-refractivity contribution in [1.29, 1.82) is 5.26 Å². The van der Waals surface area contributed by atoms with Crippen LogP contribution in [0.3, 0.4) is 0 Å². The summed E-state index contributed by atoms with van der Waals surface area (Å²) in [5.74, 6) is -0.511. The first-order valence-electron chi connectivity index (χ1n) is 11.5. The Labute approximate surface area is 211 Å². The number of halogens is 1. The highest BCUT2D eigenvalue weighted by Crippen LogP contribution is 2.35. The summed E-state index contributed by atoms with van der Waals surface area (Å²) in [6.45, 7) is 3.95. The number of carbonyl (C=O) groups excluding carboxylic acids is 1. The maximum Gasteiger partial charge on any atom is 0.341 e. The number of thiazole rings is 1. The third-order valence-corrected chi connectivity index (χ3v) is 7.56. The molecule has 2 aliphatic heterocycles. The van der Waals surface area contributed by atoms with E-state index in [1.165, 1.54) is 28.5 Å². The van der Waals surface area contributed by atoms with Gasteiger partial charge in [-0.15, -0.1) is 0 Å². The molecule has 0 spiro atoms. The number of nitrogens with zero attached hydrogens (tertiary/aromatic N) is 8. The van der Waals surface area contributed by atoms with E-state index in [2.05, 4.69) is 15.1 Å². The van der Waals surface area contributed by atoms with Crippen LogP contribution in [0.5, 0.6) is 0 Å². The standard InChI is InChI=1S/C24H25FN8O2S/c1-15-13-28-30(2)22(15)21-20(14-34)36-23(29-21)31-5-7-32(8-6-31)24(35)33-19(3-4-27-33)17-9-16(12-26)10-18(25)11-17/h4,9-11,13,19,34H,3,5-8,14H2,1-2H3. The molecule has 2 amide bonds. The van der Waals surface area contributed by atoms with Gasteiger partial charge in [-0.05, 0) is 36.2 Å². The Morgan fingerprint density at radius 3 is 2.72 bits per heavy atom. The molecule has 5 rings (SSSR count). The van der Waals surface area contributed by atoms with Gasteiger partial charge in [-0.1, -0.05) is 11.3 Å². The van der Waals surface area contributed by atoms with Crippen molar-refractivity contribution in [2.75, 3.05) is 31.1 Å². The highest BCUT2D eigenvalue weighted by atomic mass is 32.1. The van der Waals surface area contributed by atoms with E-state index >= 15 is 0 Å². The van der Waals surface area contributed by atoms with Crippen molar-refractivity contribution < 1.29 is 14.3 Å². The molecule has 4 heterocycles. The molecule has 1 fully saturated rings. The number of aliphatic hydroxyl groups excluding tert-OH is 1. The van der Waals surface area contributed by atoms with Gasteiger partial charge in [0.1, 0.15) is 11.5 Å². The minimum atomic E-state index is -0.511. The largest absolute Gasteiger partial charge is 0.391 e. The number of piperazine rings is 1. The van der Waals surface area contributed by atoms with Crippen molar-refractivity contribution >= 4 is 28.7 Å². The highest BCUT2D eigenvalue weighted by molar-refractivity contribution is 7.16. The van der Waals surface area contributed by atoms with Gasteiger partial charge in [0, 0.05) is 45.9 Å². The third kappa shape index (κ3) is 4.31. The van der Waals surface area contributed by atoms with Crippen molar-refractivity contribution in [1.82, 2.24) is 24.7 Å². The summed E-state index contributed by atoms with van der Waals surface area (Å²) in [5, 5.41) is 29.8. The summed E-state index contributed by atoms with van der Waals surface area (Å²) in [7, 11) is 1.85. The highest BCUT2D eigenvalue weighted by Gasteiger charge is 2.34. The zero-order valence-corrected chi connectivity index (χ0v) is 20.7. The summed E-state index contributed by atoms with van der Waals surface area (Å²) >= 11 is 1.44. The molecule has 0 aliphatic carbocycles. The van der Waals surface area contributed by atoms with Crippen molar-refractivity contribution in [3.8, 4) is 17.5 Å². The Morgan fingerprint density at radius 2 is 2.06 bits per heavy atom. The molecule has 1 unspecified atom stereocenters. The van der Waals surface area contributed by atoms with Crippen LogP contribution >= 0.6 is 11.3 Å². The Bertz CT molecular complexity index is 1350. The number of rotatable bonds is 4. The number of hydrogen-bond acceptors (Lipinski definition) is 8. The molecular weight excluding hydrogens is 483 g/mol. The van der Waals surface area contributed by atoms with Gasteiger partial charge in [0.25, 0.3) is 0 Å². The van der Waals surface area contributed by atoms with E-state index in [1.54, 1.807) is 28.1 Å². The zero-order valence-electron chi connectivity index (χ0n) is 19.9. The molecule has 2 aromatic heterocycles. The number of urea groups is 1. The van der Waals surface area contributed by atoms with Crippen LogP contribution in [0.4, 0.5) is 14.3 Å². The fraction of sp³-hybridized carbons (Fsp3) is 0.375. The van der Waals surface area contributed by atoms with Crippen LogP contribution in [0.15, 0.2) is 29.5 Å². The number of aliphatic hydroxyl groups is 1. The van der Waals surface area contributed by atoms with E-state index in [0.717, 1.165) is 27.0 Å². The second kappa shape index (κ2) is 9.67. The van der Waals surface area contributed by atoms with Crippen molar-refractivity contribution in [2.24, 2.45) is 12.1 Å².